The molecule has 0 aromatic carbocycles. The van der Waals surface area contributed by atoms with Crippen molar-refractivity contribution in [3.8, 4) is 0 Å². The highest BCUT2D eigenvalue weighted by Crippen LogP contribution is 2.06. The molecule has 0 aliphatic rings. The molecule has 2 aromatic rings. The Hall–Kier alpha value is -2.15. The third kappa shape index (κ3) is 2.75. The summed E-state index contributed by atoms with van der Waals surface area (Å²) >= 11 is 5.69. The van der Waals surface area contributed by atoms with Crippen LogP contribution >= 0.6 is 11.6 Å². The molecule has 7 nitrogen and oxygen atoms in total. The van der Waals surface area contributed by atoms with E-state index in [4.69, 9.17) is 11.6 Å². The Morgan fingerprint density at radius 3 is 2.89 bits per heavy atom. The molecule has 0 aliphatic carbocycles. The van der Waals surface area contributed by atoms with Crippen LogP contribution in [0.1, 0.15) is 5.56 Å². The fourth-order valence-corrected chi connectivity index (χ4v) is 1.65. The summed E-state index contributed by atoms with van der Waals surface area (Å²) < 4.78 is 3.24. The van der Waals surface area contributed by atoms with E-state index >= 15 is 0 Å². The van der Waals surface area contributed by atoms with Gasteiger partial charge in [-0.1, -0.05) is 17.7 Å². The summed E-state index contributed by atoms with van der Waals surface area (Å²) in [6.07, 6.45) is 5.04. The van der Waals surface area contributed by atoms with Crippen LogP contribution in [0.25, 0.3) is 0 Å². The number of rotatable bonds is 3. The molecule has 18 heavy (non-hydrogen) atoms. The smallest absolute Gasteiger partial charge is 0.282 e. The van der Waals surface area contributed by atoms with Gasteiger partial charge in [0.25, 0.3) is 5.62 Å². The van der Waals surface area contributed by atoms with Crippen molar-refractivity contribution in [2.24, 2.45) is 12.1 Å². The maximum absolute atomic E-state index is 10.5. The van der Waals surface area contributed by atoms with Gasteiger partial charge in [0.1, 0.15) is 10.3 Å². The van der Waals surface area contributed by atoms with Crippen LogP contribution in [0.3, 0.4) is 0 Å². The average molecular weight is 268 g/mol. The molecule has 0 atom stereocenters. The molecule has 0 spiro atoms. The van der Waals surface area contributed by atoms with Crippen molar-refractivity contribution in [3.05, 3.63) is 57.2 Å². The first-order chi connectivity index (χ1) is 8.56. The lowest BCUT2D eigenvalue weighted by atomic mass is 10.3. The Bertz CT molecular complexity index is 628. The molecule has 2 aromatic heterocycles. The zero-order valence-electron chi connectivity index (χ0n) is 9.52. The van der Waals surface area contributed by atoms with Crippen LogP contribution in [0.5, 0.6) is 0 Å². The SMILES string of the molecule is Cn1ccn(Cc2ccc(Cl)nc2)/c1=N/[N+](=O)[O-]. The average Bonchev–Trinajstić information content (AvgIpc) is 2.64. The van der Waals surface area contributed by atoms with Gasteiger partial charge in [-0.3, -0.25) is 0 Å². The molecule has 0 amide bonds. The van der Waals surface area contributed by atoms with Gasteiger partial charge in [0.15, 0.2) is 5.03 Å². The van der Waals surface area contributed by atoms with Gasteiger partial charge in [-0.25, -0.2) is 15.1 Å². The molecule has 0 radical (unpaired) electrons. The van der Waals surface area contributed by atoms with Crippen molar-refractivity contribution in [1.82, 2.24) is 14.1 Å². The minimum atomic E-state index is -0.716. The molecule has 0 aliphatic heterocycles. The number of hydrogen-bond acceptors (Lipinski definition) is 3. The van der Waals surface area contributed by atoms with Crippen molar-refractivity contribution in [2.45, 2.75) is 6.54 Å². The van der Waals surface area contributed by atoms with E-state index in [1.807, 2.05) is 6.07 Å². The number of aryl methyl sites for hydroxylation is 1. The second-order valence-corrected chi connectivity index (χ2v) is 4.05. The van der Waals surface area contributed by atoms with Crippen molar-refractivity contribution in [1.29, 1.82) is 0 Å². The van der Waals surface area contributed by atoms with Gasteiger partial charge >= 0.3 is 0 Å². The third-order valence-corrected chi connectivity index (χ3v) is 2.58. The molecular formula is C10H10ClN5O2. The summed E-state index contributed by atoms with van der Waals surface area (Å²) in [6, 6.07) is 3.48. The summed E-state index contributed by atoms with van der Waals surface area (Å²) in [6.45, 7) is 0.442. The van der Waals surface area contributed by atoms with Crippen LogP contribution in [-0.2, 0) is 13.6 Å². The number of aromatic nitrogens is 3. The molecule has 2 rings (SSSR count). The summed E-state index contributed by atoms with van der Waals surface area (Å²) in [5, 5.41) is 13.5. The van der Waals surface area contributed by atoms with Gasteiger partial charge in [0, 0.05) is 25.6 Å². The van der Waals surface area contributed by atoms with Gasteiger partial charge in [-0.05, 0) is 11.6 Å². The van der Waals surface area contributed by atoms with Crippen molar-refractivity contribution >= 4 is 11.6 Å². The van der Waals surface area contributed by atoms with Gasteiger partial charge in [-0.15, -0.1) is 0 Å². The molecule has 0 saturated heterocycles. The fraction of sp³-hybridized carbons (Fsp3) is 0.200. The van der Waals surface area contributed by atoms with Crippen molar-refractivity contribution in [2.75, 3.05) is 0 Å². The first kappa shape index (κ1) is 12.3. The first-order valence-electron chi connectivity index (χ1n) is 5.07. The van der Waals surface area contributed by atoms with E-state index in [-0.39, 0.29) is 5.62 Å². The number of hydrogen-bond donors (Lipinski definition) is 0. The fourth-order valence-electron chi connectivity index (χ4n) is 1.54. The van der Waals surface area contributed by atoms with Gasteiger partial charge in [0.2, 0.25) is 0 Å². The van der Waals surface area contributed by atoms with E-state index in [1.54, 1.807) is 40.8 Å². The van der Waals surface area contributed by atoms with E-state index in [2.05, 4.69) is 10.1 Å². The maximum Gasteiger partial charge on any atom is 0.282 e. The molecule has 94 valence electrons. The minimum absolute atomic E-state index is 0.259. The minimum Gasteiger partial charge on any atom is -0.315 e. The highest BCUT2D eigenvalue weighted by molar-refractivity contribution is 6.29. The second kappa shape index (κ2) is 5.01. The van der Waals surface area contributed by atoms with Gasteiger partial charge in [0.05, 0.1) is 6.54 Å². The number of imidazole rings is 1. The lowest BCUT2D eigenvalue weighted by Crippen LogP contribution is -2.26. The molecular weight excluding hydrogens is 258 g/mol. The Morgan fingerprint density at radius 2 is 2.28 bits per heavy atom. The third-order valence-electron chi connectivity index (χ3n) is 2.36. The summed E-state index contributed by atoms with van der Waals surface area (Å²) in [7, 11) is 1.69. The molecule has 0 saturated carbocycles. The lowest BCUT2D eigenvalue weighted by molar-refractivity contribution is -0.491. The molecule has 0 fully saturated rings. The number of nitrogens with zero attached hydrogens (tertiary/aromatic N) is 5. The lowest BCUT2D eigenvalue weighted by Gasteiger charge is -2.02. The highest BCUT2D eigenvalue weighted by atomic mass is 35.5. The Morgan fingerprint density at radius 1 is 1.50 bits per heavy atom. The molecule has 0 unspecified atom stereocenters. The topological polar surface area (TPSA) is 78.2 Å². The van der Waals surface area contributed by atoms with E-state index < -0.39 is 5.03 Å². The summed E-state index contributed by atoms with van der Waals surface area (Å²) in [5.74, 6) is 0. The van der Waals surface area contributed by atoms with Crippen LogP contribution in [0, 0.1) is 10.1 Å². The molecule has 0 bridgehead atoms. The van der Waals surface area contributed by atoms with Crippen LogP contribution in [0.4, 0.5) is 0 Å². The second-order valence-electron chi connectivity index (χ2n) is 3.66. The number of pyridine rings is 1. The predicted molar refractivity (Wildman–Crippen MR) is 64.3 cm³/mol. The quantitative estimate of drug-likeness (QED) is 0.473. The van der Waals surface area contributed by atoms with E-state index in [1.165, 1.54) is 0 Å². The van der Waals surface area contributed by atoms with Crippen LogP contribution < -0.4 is 5.62 Å². The Balaban J connectivity index is 2.35. The number of halogens is 1. The molecule has 0 N–H and O–H groups in total. The van der Waals surface area contributed by atoms with Crippen molar-refractivity contribution in [3.63, 3.8) is 0 Å². The normalized spacial score (nSPS) is 11.8. The van der Waals surface area contributed by atoms with E-state index in [0.717, 1.165) is 5.56 Å². The Labute approximate surface area is 107 Å². The van der Waals surface area contributed by atoms with E-state index in [0.29, 0.717) is 11.7 Å². The number of nitro groups is 1. The molecule has 2 heterocycles. The summed E-state index contributed by atoms with van der Waals surface area (Å²) in [4.78, 5) is 14.4. The van der Waals surface area contributed by atoms with Crippen LogP contribution in [0.15, 0.2) is 35.8 Å². The highest BCUT2D eigenvalue weighted by Gasteiger charge is 2.04. The summed E-state index contributed by atoms with van der Waals surface area (Å²) in [5.41, 5.74) is 1.14. The zero-order valence-corrected chi connectivity index (χ0v) is 10.3. The van der Waals surface area contributed by atoms with Gasteiger partial charge in [-0.2, -0.15) is 0 Å². The molecule has 8 heteroatoms. The standard InChI is InChI=1S/C10H10ClN5O2/c1-14-4-5-15(10(14)13-16(17)18)7-8-2-3-9(11)12-6-8/h2-6H,7H2,1H3/b13-10+. The van der Waals surface area contributed by atoms with Crippen LogP contribution in [0.2, 0.25) is 5.15 Å². The van der Waals surface area contributed by atoms with E-state index in [9.17, 15) is 10.1 Å². The van der Waals surface area contributed by atoms with Crippen molar-refractivity contribution < 1.29 is 5.03 Å². The van der Waals surface area contributed by atoms with Crippen LogP contribution in [-0.4, -0.2) is 19.2 Å². The maximum atomic E-state index is 10.5. The zero-order chi connectivity index (χ0) is 13.1. The first-order valence-corrected chi connectivity index (χ1v) is 5.45. The monoisotopic (exact) mass is 267 g/mol. The largest absolute Gasteiger partial charge is 0.315 e. The Kier molecular flexibility index (Phi) is 3.42. The van der Waals surface area contributed by atoms with Gasteiger partial charge < -0.3 is 9.13 Å². The predicted octanol–water partition coefficient (Wildman–Crippen LogP) is 1.02.